The number of benzene rings is 1. The van der Waals surface area contributed by atoms with Gasteiger partial charge < -0.3 is 9.64 Å². The number of rotatable bonds is 9. The molecule has 1 aromatic carbocycles. The van der Waals surface area contributed by atoms with E-state index in [9.17, 15) is 22.4 Å². The minimum Gasteiger partial charge on any atom is -0.370 e. The van der Waals surface area contributed by atoms with Gasteiger partial charge in [0.15, 0.2) is 0 Å². The van der Waals surface area contributed by atoms with Crippen molar-refractivity contribution in [2.24, 2.45) is 0 Å². The maximum atomic E-state index is 12.9. The molecule has 154 valence electrons. The molecule has 0 N–H and O–H groups in total. The summed E-state index contributed by atoms with van der Waals surface area (Å²) in [7, 11) is 1.60. The van der Waals surface area contributed by atoms with E-state index in [1.54, 1.807) is 29.9 Å². The van der Waals surface area contributed by atoms with Gasteiger partial charge >= 0.3 is 12.3 Å². The number of carbonyl (C=O) groups is 1. The Morgan fingerprint density at radius 2 is 2.11 bits per heavy atom. The van der Waals surface area contributed by atoms with E-state index in [2.05, 4.69) is 9.84 Å². The average Bonchev–Trinajstić information content (AvgIpc) is 3.00. The summed E-state index contributed by atoms with van der Waals surface area (Å²) < 4.78 is 56.4. The van der Waals surface area contributed by atoms with Crippen LogP contribution in [-0.4, -0.2) is 46.6 Å². The van der Waals surface area contributed by atoms with Crippen molar-refractivity contribution in [2.45, 2.75) is 39.0 Å². The van der Waals surface area contributed by atoms with E-state index in [1.165, 1.54) is 17.2 Å². The van der Waals surface area contributed by atoms with E-state index in [1.807, 2.05) is 6.92 Å². The number of aromatic nitrogens is 2. The zero-order chi connectivity index (χ0) is 20.9. The lowest BCUT2D eigenvalue weighted by Gasteiger charge is -2.19. The van der Waals surface area contributed by atoms with Crippen LogP contribution in [0.3, 0.4) is 0 Å². The largest absolute Gasteiger partial charge is 0.370 e. The summed E-state index contributed by atoms with van der Waals surface area (Å²) in [5.41, 5.74) is 1.41. The molecule has 2 rings (SSSR count). The second kappa shape index (κ2) is 9.38. The molecule has 1 amide bonds. The molecule has 0 unspecified atom stereocenters. The van der Waals surface area contributed by atoms with Gasteiger partial charge in [-0.25, -0.2) is 8.78 Å². The van der Waals surface area contributed by atoms with Gasteiger partial charge in [0.05, 0.1) is 30.1 Å². The molecule has 0 aliphatic carbocycles. The maximum absolute atomic E-state index is 12.9. The van der Waals surface area contributed by atoms with E-state index >= 15 is 0 Å². The molecule has 0 bridgehead atoms. The number of ether oxygens (including phenoxy) is 1. The fourth-order valence-electron chi connectivity index (χ4n) is 2.50. The summed E-state index contributed by atoms with van der Waals surface area (Å²) in [5.74, 6) is -4.53. The molecule has 10 heteroatoms. The SMILES string of the molecule is CCn1ncc(Cl)c1CN(C)C(=O)c1cccc(COCC(F)(F)C(F)F)c1. The van der Waals surface area contributed by atoms with Gasteiger partial charge in [-0.3, -0.25) is 9.48 Å². The third kappa shape index (κ3) is 5.45. The zero-order valence-corrected chi connectivity index (χ0v) is 16.1. The van der Waals surface area contributed by atoms with Crippen molar-refractivity contribution in [3.63, 3.8) is 0 Å². The standard InChI is InChI=1S/C18H20ClF4N3O2/c1-3-26-15(14(19)8-24-26)9-25(2)16(27)13-6-4-5-12(7-13)10-28-11-18(22,23)17(20)21/h4-8,17H,3,9-11H2,1-2H3. The molecule has 1 heterocycles. The molecule has 0 atom stereocenters. The lowest BCUT2D eigenvalue weighted by molar-refractivity contribution is -0.168. The monoisotopic (exact) mass is 421 g/mol. The number of amides is 1. The normalized spacial score (nSPS) is 11.9. The van der Waals surface area contributed by atoms with Crippen molar-refractivity contribution in [2.75, 3.05) is 13.7 Å². The van der Waals surface area contributed by atoms with Crippen LogP contribution in [-0.2, 0) is 24.4 Å². The predicted octanol–water partition coefficient (Wildman–Crippen LogP) is 4.25. The number of nitrogens with zero attached hydrogens (tertiary/aromatic N) is 3. The summed E-state index contributed by atoms with van der Waals surface area (Å²) in [6.07, 6.45) is -2.29. The quantitative estimate of drug-likeness (QED) is 0.569. The maximum Gasteiger partial charge on any atom is 0.330 e. The second-order valence-electron chi connectivity index (χ2n) is 6.17. The van der Waals surface area contributed by atoms with Crippen LogP contribution in [0.15, 0.2) is 30.5 Å². The lowest BCUT2D eigenvalue weighted by atomic mass is 10.1. The molecule has 1 aromatic heterocycles. The fraction of sp³-hybridized carbons (Fsp3) is 0.444. The van der Waals surface area contributed by atoms with Crippen LogP contribution in [0.4, 0.5) is 17.6 Å². The number of alkyl halides is 4. The van der Waals surface area contributed by atoms with E-state index in [0.29, 0.717) is 28.4 Å². The Morgan fingerprint density at radius 1 is 1.39 bits per heavy atom. The first-order valence-electron chi connectivity index (χ1n) is 8.44. The van der Waals surface area contributed by atoms with Gasteiger partial charge in [-0.15, -0.1) is 0 Å². The molecular formula is C18H20ClF4N3O2. The predicted molar refractivity (Wildman–Crippen MR) is 95.8 cm³/mol. The molecule has 0 aliphatic rings. The van der Waals surface area contributed by atoms with Crippen LogP contribution in [0.5, 0.6) is 0 Å². The minimum atomic E-state index is -4.21. The highest BCUT2D eigenvalue weighted by molar-refractivity contribution is 6.31. The van der Waals surface area contributed by atoms with Crippen molar-refractivity contribution in [3.8, 4) is 0 Å². The first-order valence-corrected chi connectivity index (χ1v) is 8.81. The first-order chi connectivity index (χ1) is 13.2. The molecule has 2 aromatic rings. The summed E-state index contributed by atoms with van der Waals surface area (Å²) in [6, 6.07) is 6.15. The van der Waals surface area contributed by atoms with Crippen LogP contribution >= 0.6 is 11.6 Å². The first kappa shape index (κ1) is 22.2. The molecule has 0 spiro atoms. The molecule has 0 aliphatic heterocycles. The van der Waals surface area contributed by atoms with Gasteiger partial charge in [-0.1, -0.05) is 23.7 Å². The number of hydrogen-bond donors (Lipinski definition) is 0. The van der Waals surface area contributed by atoms with Crippen molar-refractivity contribution >= 4 is 17.5 Å². The van der Waals surface area contributed by atoms with Gasteiger partial charge in [-0.2, -0.15) is 13.9 Å². The number of halogens is 5. The van der Waals surface area contributed by atoms with E-state index in [-0.39, 0.29) is 19.1 Å². The van der Waals surface area contributed by atoms with Crippen LogP contribution in [0.25, 0.3) is 0 Å². The molecule has 0 saturated carbocycles. The van der Waals surface area contributed by atoms with Crippen LogP contribution in [0.1, 0.15) is 28.5 Å². The zero-order valence-electron chi connectivity index (χ0n) is 15.3. The topological polar surface area (TPSA) is 47.4 Å². The Labute approximate surface area is 164 Å². The third-order valence-electron chi connectivity index (χ3n) is 3.99. The van der Waals surface area contributed by atoms with E-state index in [4.69, 9.17) is 11.6 Å². The van der Waals surface area contributed by atoms with Gasteiger partial charge in [-0.05, 0) is 24.6 Å². The van der Waals surface area contributed by atoms with Gasteiger partial charge in [0.2, 0.25) is 0 Å². The molecular weight excluding hydrogens is 402 g/mol. The highest BCUT2D eigenvalue weighted by Crippen LogP contribution is 2.23. The fourth-order valence-corrected chi connectivity index (χ4v) is 2.70. The Bertz CT molecular complexity index is 814. The number of hydrogen-bond acceptors (Lipinski definition) is 3. The van der Waals surface area contributed by atoms with Crippen molar-refractivity contribution < 1.29 is 27.1 Å². The van der Waals surface area contributed by atoms with E-state index < -0.39 is 19.0 Å². The minimum absolute atomic E-state index is 0.229. The van der Waals surface area contributed by atoms with Gasteiger partial charge in [0.1, 0.15) is 6.61 Å². The van der Waals surface area contributed by atoms with Crippen molar-refractivity contribution in [1.29, 1.82) is 0 Å². The van der Waals surface area contributed by atoms with E-state index in [0.717, 1.165) is 0 Å². The highest BCUT2D eigenvalue weighted by atomic mass is 35.5. The number of aryl methyl sites for hydroxylation is 1. The number of carbonyl (C=O) groups excluding carboxylic acids is 1. The molecule has 28 heavy (non-hydrogen) atoms. The van der Waals surface area contributed by atoms with Crippen molar-refractivity contribution in [1.82, 2.24) is 14.7 Å². The average molecular weight is 422 g/mol. The summed E-state index contributed by atoms with van der Waals surface area (Å²) in [6.45, 7) is 1.01. The van der Waals surface area contributed by atoms with Crippen LogP contribution in [0.2, 0.25) is 5.02 Å². The molecule has 0 saturated heterocycles. The van der Waals surface area contributed by atoms with Gasteiger partial charge in [0, 0.05) is 19.2 Å². The summed E-state index contributed by atoms with van der Waals surface area (Å²) in [4.78, 5) is 14.1. The van der Waals surface area contributed by atoms with Crippen molar-refractivity contribution in [3.05, 3.63) is 52.3 Å². The Hall–Kier alpha value is -2.13. The van der Waals surface area contributed by atoms with Crippen LogP contribution < -0.4 is 0 Å². The van der Waals surface area contributed by atoms with Crippen LogP contribution in [0, 0.1) is 0 Å². The summed E-state index contributed by atoms with van der Waals surface area (Å²) >= 11 is 6.11. The highest BCUT2D eigenvalue weighted by Gasteiger charge is 2.40. The molecule has 5 nitrogen and oxygen atoms in total. The smallest absolute Gasteiger partial charge is 0.330 e. The Balaban J connectivity index is 2.02. The Morgan fingerprint density at radius 3 is 2.75 bits per heavy atom. The molecule has 0 radical (unpaired) electrons. The third-order valence-corrected chi connectivity index (χ3v) is 4.30. The Kier molecular flexibility index (Phi) is 7.42. The second-order valence-corrected chi connectivity index (χ2v) is 6.58. The van der Waals surface area contributed by atoms with Gasteiger partial charge in [0.25, 0.3) is 5.91 Å². The molecule has 0 fully saturated rings. The summed E-state index contributed by atoms with van der Waals surface area (Å²) in [5, 5.41) is 4.56. The lowest BCUT2D eigenvalue weighted by Crippen LogP contribution is -2.32.